The molecule has 0 aromatic heterocycles. The number of aryl methyl sites for hydroxylation is 1. The third-order valence-corrected chi connectivity index (χ3v) is 6.28. The van der Waals surface area contributed by atoms with Gasteiger partial charge in [-0.2, -0.15) is 11.8 Å². The number of hydrogen-bond donors (Lipinski definition) is 1. The lowest BCUT2D eigenvalue weighted by molar-refractivity contribution is 0.358. The van der Waals surface area contributed by atoms with E-state index in [-0.39, 0.29) is 0 Å². The van der Waals surface area contributed by atoms with Crippen LogP contribution in [0.3, 0.4) is 0 Å². The molecule has 1 atom stereocenters. The van der Waals surface area contributed by atoms with Crippen LogP contribution in [0.2, 0.25) is 0 Å². The lowest BCUT2D eigenvalue weighted by atomic mass is 9.87. The van der Waals surface area contributed by atoms with Crippen molar-refractivity contribution in [1.29, 1.82) is 0 Å². The molecule has 1 unspecified atom stereocenters. The van der Waals surface area contributed by atoms with E-state index in [1.807, 2.05) is 0 Å². The Labute approximate surface area is 133 Å². The molecule has 2 aliphatic heterocycles. The number of rotatable bonds is 3. The summed E-state index contributed by atoms with van der Waals surface area (Å²) in [5.74, 6) is 2.52. The van der Waals surface area contributed by atoms with Crippen LogP contribution in [0.5, 0.6) is 0 Å². The number of nitrogens with one attached hydrogen (secondary N) is 1. The molecule has 21 heavy (non-hydrogen) atoms. The van der Waals surface area contributed by atoms with Crippen LogP contribution < -0.4 is 10.2 Å². The van der Waals surface area contributed by atoms with Crippen molar-refractivity contribution in [1.82, 2.24) is 0 Å². The fourth-order valence-corrected chi connectivity index (χ4v) is 4.83. The molecule has 3 heteroatoms. The molecule has 2 aliphatic rings. The van der Waals surface area contributed by atoms with Crippen LogP contribution >= 0.6 is 11.8 Å². The maximum Gasteiger partial charge on any atom is 0.0373 e. The van der Waals surface area contributed by atoms with Gasteiger partial charge in [-0.3, -0.25) is 0 Å². The third kappa shape index (κ3) is 3.68. The Morgan fingerprint density at radius 2 is 2.00 bits per heavy atom. The predicted octanol–water partition coefficient (Wildman–Crippen LogP) is 4.54. The smallest absolute Gasteiger partial charge is 0.0373 e. The normalized spacial score (nSPS) is 25.1. The zero-order chi connectivity index (χ0) is 14.9. The largest absolute Gasteiger partial charge is 0.381 e. The van der Waals surface area contributed by atoms with Crippen molar-refractivity contribution in [2.24, 2.45) is 5.41 Å². The van der Waals surface area contributed by atoms with Crippen LogP contribution in [-0.4, -0.2) is 30.6 Å². The molecule has 0 radical (unpaired) electrons. The Morgan fingerprint density at radius 1 is 1.24 bits per heavy atom. The Kier molecular flexibility index (Phi) is 4.39. The van der Waals surface area contributed by atoms with E-state index in [4.69, 9.17) is 0 Å². The molecular formula is C18H28N2S. The third-order valence-electron chi connectivity index (χ3n) is 4.65. The van der Waals surface area contributed by atoms with Gasteiger partial charge in [0, 0.05) is 36.3 Å². The van der Waals surface area contributed by atoms with Gasteiger partial charge in [-0.05, 0) is 61.1 Å². The van der Waals surface area contributed by atoms with Gasteiger partial charge in [0.2, 0.25) is 0 Å². The minimum absolute atomic E-state index is 0.462. The summed E-state index contributed by atoms with van der Waals surface area (Å²) < 4.78 is 0. The Hall–Kier alpha value is -0.830. The summed E-state index contributed by atoms with van der Waals surface area (Å²) in [7, 11) is 0. The molecule has 0 aliphatic carbocycles. The van der Waals surface area contributed by atoms with E-state index in [1.165, 1.54) is 60.8 Å². The summed E-state index contributed by atoms with van der Waals surface area (Å²) in [6.07, 6.45) is 3.95. The minimum atomic E-state index is 0.462. The molecule has 1 aromatic carbocycles. The highest BCUT2D eigenvalue weighted by atomic mass is 32.2. The maximum absolute atomic E-state index is 3.78. The number of thioether (sulfide) groups is 1. The average molecular weight is 305 g/mol. The van der Waals surface area contributed by atoms with Gasteiger partial charge in [-0.15, -0.1) is 0 Å². The van der Waals surface area contributed by atoms with Crippen molar-refractivity contribution in [3.05, 3.63) is 23.8 Å². The summed E-state index contributed by atoms with van der Waals surface area (Å²) in [6, 6.07) is 7.54. The first-order chi connectivity index (χ1) is 10.0. The first kappa shape index (κ1) is 15.1. The van der Waals surface area contributed by atoms with E-state index in [9.17, 15) is 0 Å². The van der Waals surface area contributed by atoms with E-state index in [0.29, 0.717) is 11.5 Å². The summed E-state index contributed by atoms with van der Waals surface area (Å²) >= 11 is 2.09. The van der Waals surface area contributed by atoms with Crippen molar-refractivity contribution in [2.45, 2.75) is 46.1 Å². The highest BCUT2D eigenvalue weighted by Crippen LogP contribution is 2.35. The zero-order valence-electron chi connectivity index (χ0n) is 13.6. The van der Waals surface area contributed by atoms with Crippen molar-refractivity contribution < 1.29 is 0 Å². The van der Waals surface area contributed by atoms with Gasteiger partial charge in [0.25, 0.3) is 0 Å². The van der Waals surface area contributed by atoms with E-state index < -0.39 is 0 Å². The molecule has 0 bridgehead atoms. The highest BCUT2D eigenvalue weighted by molar-refractivity contribution is 7.99. The lowest BCUT2D eigenvalue weighted by Crippen LogP contribution is -2.35. The monoisotopic (exact) mass is 304 g/mol. The number of nitrogens with zero attached hydrogens (tertiary/aromatic N) is 1. The molecular weight excluding hydrogens is 276 g/mol. The van der Waals surface area contributed by atoms with Gasteiger partial charge in [0.05, 0.1) is 0 Å². The molecule has 2 nitrogen and oxygen atoms in total. The standard InChI is InChI=1S/C18H28N2S/c1-14-10-16(20-8-4-5-9-20)6-7-17(14)19-15-11-18(2,3)13-21-12-15/h6-7,10,15,19H,4-5,8-9,11-13H2,1-3H3. The first-order valence-electron chi connectivity index (χ1n) is 8.23. The Morgan fingerprint density at radius 3 is 2.67 bits per heavy atom. The molecule has 0 saturated carbocycles. The zero-order valence-corrected chi connectivity index (χ0v) is 14.4. The topological polar surface area (TPSA) is 15.3 Å². The van der Waals surface area contributed by atoms with Crippen LogP contribution in [0.4, 0.5) is 11.4 Å². The molecule has 0 spiro atoms. The van der Waals surface area contributed by atoms with Gasteiger partial charge in [0.15, 0.2) is 0 Å². The van der Waals surface area contributed by atoms with Crippen LogP contribution in [0.1, 0.15) is 38.7 Å². The van der Waals surface area contributed by atoms with Gasteiger partial charge in [0.1, 0.15) is 0 Å². The Bertz CT molecular complexity index is 492. The van der Waals surface area contributed by atoms with Gasteiger partial charge in [-0.1, -0.05) is 13.8 Å². The predicted molar refractivity (Wildman–Crippen MR) is 95.8 cm³/mol. The summed E-state index contributed by atoms with van der Waals surface area (Å²) in [4.78, 5) is 2.51. The van der Waals surface area contributed by atoms with Crippen LogP contribution in [0.25, 0.3) is 0 Å². The molecule has 2 heterocycles. The van der Waals surface area contributed by atoms with Gasteiger partial charge >= 0.3 is 0 Å². The van der Waals surface area contributed by atoms with E-state index in [1.54, 1.807) is 0 Å². The molecule has 1 aromatic rings. The molecule has 1 N–H and O–H groups in total. The molecule has 0 amide bonds. The molecule has 116 valence electrons. The van der Waals surface area contributed by atoms with Crippen molar-refractivity contribution in [3.63, 3.8) is 0 Å². The molecule has 2 fully saturated rings. The molecule has 3 rings (SSSR count). The van der Waals surface area contributed by atoms with Crippen LogP contribution in [-0.2, 0) is 0 Å². The first-order valence-corrected chi connectivity index (χ1v) is 9.39. The van der Waals surface area contributed by atoms with E-state index >= 15 is 0 Å². The SMILES string of the molecule is Cc1cc(N2CCCC2)ccc1NC1CSCC(C)(C)C1. The number of benzene rings is 1. The van der Waals surface area contributed by atoms with Crippen LogP contribution in [0.15, 0.2) is 18.2 Å². The second kappa shape index (κ2) is 6.12. The van der Waals surface area contributed by atoms with Crippen molar-refractivity contribution in [3.8, 4) is 0 Å². The minimum Gasteiger partial charge on any atom is -0.381 e. The van der Waals surface area contributed by atoms with E-state index in [2.05, 4.69) is 60.9 Å². The van der Waals surface area contributed by atoms with Gasteiger partial charge < -0.3 is 10.2 Å². The van der Waals surface area contributed by atoms with Crippen molar-refractivity contribution >= 4 is 23.1 Å². The number of hydrogen-bond acceptors (Lipinski definition) is 3. The highest BCUT2D eigenvalue weighted by Gasteiger charge is 2.28. The lowest BCUT2D eigenvalue weighted by Gasteiger charge is -2.36. The maximum atomic E-state index is 3.78. The summed E-state index contributed by atoms with van der Waals surface area (Å²) in [6.45, 7) is 9.46. The summed E-state index contributed by atoms with van der Waals surface area (Å²) in [5.41, 5.74) is 4.56. The Balaban J connectivity index is 1.68. The van der Waals surface area contributed by atoms with Crippen molar-refractivity contribution in [2.75, 3.05) is 34.8 Å². The second-order valence-electron chi connectivity index (χ2n) is 7.42. The fourth-order valence-electron chi connectivity index (χ4n) is 3.56. The number of anilines is 2. The average Bonchev–Trinajstić information content (AvgIpc) is 2.94. The second-order valence-corrected chi connectivity index (χ2v) is 8.45. The van der Waals surface area contributed by atoms with Crippen LogP contribution in [0, 0.1) is 12.3 Å². The summed E-state index contributed by atoms with van der Waals surface area (Å²) in [5, 5.41) is 3.78. The fraction of sp³-hybridized carbons (Fsp3) is 0.667. The van der Waals surface area contributed by atoms with E-state index in [0.717, 1.165) is 0 Å². The molecule has 2 saturated heterocycles. The quantitative estimate of drug-likeness (QED) is 0.882. The van der Waals surface area contributed by atoms with Gasteiger partial charge in [-0.25, -0.2) is 0 Å².